The molecule has 0 spiro atoms. The number of likely N-dealkylation sites (tertiary alicyclic amines) is 1. The Morgan fingerprint density at radius 3 is 2.44 bits per heavy atom. The Labute approximate surface area is 111 Å². The normalized spacial score (nSPS) is 20.8. The highest BCUT2D eigenvalue weighted by Crippen LogP contribution is 2.27. The van der Waals surface area contributed by atoms with Gasteiger partial charge in [0.1, 0.15) is 0 Å². The lowest BCUT2D eigenvalue weighted by atomic mass is 10.2. The summed E-state index contributed by atoms with van der Waals surface area (Å²) in [7, 11) is 0. The molecule has 1 fully saturated rings. The SMILES string of the molecule is c1ccc2c(c1)CCN2CCN1CCCCCC1. The Morgan fingerprint density at radius 2 is 1.61 bits per heavy atom. The quantitative estimate of drug-likeness (QED) is 0.806. The lowest BCUT2D eigenvalue weighted by Crippen LogP contribution is -2.35. The van der Waals surface area contributed by atoms with E-state index in [9.17, 15) is 0 Å². The van der Waals surface area contributed by atoms with Gasteiger partial charge in [-0.1, -0.05) is 31.0 Å². The molecule has 0 unspecified atom stereocenters. The molecule has 0 saturated carbocycles. The van der Waals surface area contributed by atoms with Crippen molar-refractivity contribution >= 4 is 5.69 Å². The zero-order valence-electron chi connectivity index (χ0n) is 11.3. The molecule has 1 aromatic carbocycles. The van der Waals surface area contributed by atoms with Gasteiger partial charge in [-0.2, -0.15) is 0 Å². The zero-order valence-corrected chi connectivity index (χ0v) is 11.3. The minimum Gasteiger partial charge on any atom is -0.370 e. The van der Waals surface area contributed by atoms with Gasteiger partial charge in [0.25, 0.3) is 0 Å². The Kier molecular flexibility index (Phi) is 3.84. The van der Waals surface area contributed by atoms with E-state index in [0.29, 0.717) is 0 Å². The second kappa shape index (κ2) is 5.75. The van der Waals surface area contributed by atoms with Crippen molar-refractivity contribution in [3.05, 3.63) is 29.8 Å². The minimum atomic E-state index is 1.21. The first-order valence-corrected chi connectivity index (χ1v) is 7.49. The van der Waals surface area contributed by atoms with Crippen molar-refractivity contribution in [2.24, 2.45) is 0 Å². The number of nitrogens with zero attached hydrogens (tertiary/aromatic N) is 2. The van der Waals surface area contributed by atoms with Gasteiger partial charge in [0, 0.05) is 25.3 Å². The maximum absolute atomic E-state index is 2.66. The lowest BCUT2D eigenvalue weighted by Gasteiger charge is -2.25. The number of rotatable bonds is 3. The summed E-state index contributed by atoms with van der Waals surface area (Å²) in [6.07, 6.45) is 6.90. The topological polar surface area (TPSA) is 6.48 Å². The minimum absolute atomic E-state index is 1.21. The molecule has 18 heavy (non-hydrogen) atoms. The molecule has 2 aliphatic rings. The number of benzene rings is 1. The highest BCUT2D eigenvalue weighted by atomic mass is 15.2. The van der Waals surface area contributed by atoms with Gasteiger partial charge in [-0.3, -0.25) is 0 Å². The number of anilines is 1. The van der Waals surface area contributed by atoms with Crippen molar-refractivity contribution in [3.8, 4) is 0 Å². The molecule has 3 rings (SSSR count). The van der Waals surface area contributed by atoms with Crippen LogP contribution in [0.1, 0.15) is 31.2 Å². The third kappa shape index (κ3) is 2.69. The monoisotopic (exact) mass is 244 g/mol. The predicted molar refractivity (Wildman–Crippen MR) is 77.3 cm³/mol. The molecular formula is C16H24N2. The second-order valence-corrected chi connectivity index (χ2v) is 5.62. The number of hydrogen-bond donors (Lipinski definition) is 0. The van der Waals surface area contributed by atoms with Crippen molar-refractivity contribution in [1.29, 1.82) is 0 Å². The van der Waals surface area contributed by atoms with Crippen LogP contribution in [0.2, 0.25) is 0 Å². The molecule has 2 aliphatic heterocycles. The molecule has 0 radical (unpaired) electrons. The highest BCUT2D eigenvalue weighted by Gasteiger charge is 2.18. The van der Waals surface area contributed by atoms with E-state index in [4.69, 9.17) is 0 Å². The van der Waals surface area contributed by atoms with Crippen molar-refractivity contribution < 1.29 is 0 Å². The van der Waals surface area contributed by atoms with Crippen molar-refractivity contribution in [2.75, 3.05) is 37.6 Å². The summed E-state index contributed by atoms with van der Waals surface area (Å²) in [5.41, 5.74) is 3.01. The summed E-state index contributed by atoms with van der Waals surface area (Å²) in [5.74, 6) is 0. The third-order valence-corrected chi connectivity index (χ3v) is 4.37. The van der Waals surface area contributed by atoms with Crippen LogP contribution in [0.25, 0.3) is 0 Å². The molecule has 0 aliphatic carbocycles. The number of hydrogen-bond acceptors (Lipinski definition) is 2. The molecule has 0 N–H and O–H groups in total. The van der Waals surface area contributed by atoms with Crippen LogP contribution in [0.4, 0.5) is 5.69 Å². The summed E-state index contributed by atoms with van der Waals surface area (Å²) in [6.45, 7) is 6.30. The van der Waals surface area contributed by atoms with Crippen LogP contribution in [0, 0.1) is 0 Å². The van der Waals surface area contributed by atoms with Gasteiger partial charge in [-0.25, -0.2) is 0 Å². The first kappa shape index (κ1) is 12.0. The molecular weight excluding hydrogens is 220 g/mol. The summed E-state index contributed by atoms with van der Waals surface area (Å²) in [5, 5.41) is 0. The van der Waals surface area contributed by atoms with Crippen LogP contribution < -0.4 is 4.90 Å². The summed E-state index contributed by atoms with van der Waals surface area (Å²) < 4.78 is 0. The lowest BCUT2D eigenvalue weighted by molar-refractivity contribution is 0.291. The van der Waals surface area contributed by atoms with E-state index in [2.05, 4.69) is 34.1 Å². The van der Waals surface area contributed by atoms with Gasteiger partial charge in [0.05, 0.1) is 0 Å². The summed E-state index contributed by atoms with van der Waals surface area (Å²) in [4.78, 5) is 5.23. The molecule has 1 aromatic rings. The molecule has 0 aromatic heterocycles. The van der Waals surface area contributed by atoms with Crippen LogP contribution >= 0.6 is 0 Å². The van der Waals surface area contributed by atoms with E-state index in [1.54, 1.807) is 0 Å². The molecule has 0 bridgehead atoms. The van der Waals surface area contributed by atoms with E-state index in [1.807, 2.05) is 0 Å². The van der Waals surface area contributed by atoms with Gasteiger partial charge in [-0.15, -0.1) is 0 Å². The molecule has 2 nitrogen and oxygen atoms in total. The smallest absolute Gasteiger partial charge is 0.0399 e. The van der Waals surface area contributed by atoms with E-state index >= 15 is 0 Å². The maximum atomic E-state index is 2.66. The first-order chi connectivity index (χ1) is 8.93. The zero-order chi connectivity index (χ0) is 12.2. The predicted octanol–water partition coefficient (Wildman–Crippen LogP) is 2.93. The Hall–Kier alpha value is -1.02. The maximum Gasteiger partial charge on any atom is 0.0399 e. The van der Waals surface area contributed by atoms with Gasteiger partial charge in [-0.05, 0) is 44.0 Å². The third-order valence-electron chi connectivity index (χ3n) is 4.37. The largest absolute Gasteiger partial charge is 0.370 e. The first-order valence-electron chi connectivity index (χ1n) is 7.49. The van der Waals surface area contributed by atoms with Crippen molar-refractivity contribution in [3.63, 3.8) is 0 Å². The second-order valence-electron chi connectivity index (χ2n) is 5.62. The van der Waals surface area contributed by atoms with E-state index in [1.165, 1.54) is 76.1 Å². The van der Waals surface area contributed by atoms with Crippen molar-refractivity contribution in [2.45, 2.75) is 32.1 Å². The fourth-order valence-corrected chi connectivity index (χ4v) is 3.26. The number of para-hydroxylation sites is 1. The van der Waals surface area contributed by atoms with E-state index < -0.39 is 0 Å². The Morgan fingerprint density at radius 1 is 0.833 bits per heavy atom. The van der Waals surface area contributed by atoms with Crippen LogP contribution in [0.5, 0.6) is 0 Å². The molecule has 0 amide bonds. The fraction of sp³-hybridized carbons (Fsp3) is 0.625. The highest BCUT2D eigenvalue weighted by molar-refractivity contribution is 5.57. The van der Waals surface area contributed by atoms with Crippen LogP contribution in [-0.4, -0.2) is 37.6 Å². The van der Waals surface area contributed by atoms with Crippen molar-refractivity contribution in [1.82, 2.24) is 4.90 Å². The molecule has 2 heterocycles. The van der Waals surface area contributed by atoms with Crippen LogP contribution in [-0.2, 0) is 6.42 Å². The standard InChI is InChI=1S/C16H24N2/c1-2-6-11-17(10-5-1)13-14-18-12-9-15-7-3-4-8-16(15)18/h3-4,7-8H,1-2,5-6,9-14H2. The Balaban J connectivity index is 1.55. The van der Waals surface area contributed by atoms with Gasteiger partial charge in [0.15, 0.2) is 0 Å². The van der Waals surface area contributed by atoms with E-state index in [0.717, 1.165) is 0 Å². The van der Waals surface area contributed by atoms with Gasteiger partial charge in [0.2, 0.25) is 0 Å². The fourth-order valence-electron chi connectivity index (χ4n) is 3.26. The number of fused-ring (bicyclic) bond motifs is 1. The molecule has 1 saturated heterocycles. The summed E-state index contributed by atoms with van der Waals surface area (Å²) >= 11 is 0. The van der Waals surface area contributed by atoms with Gasteiger partial charge >= 0.3 is 0 Å². The van der Waals surface area contributed by atoms with E-state index in [-0.39, 0.29) is 0 Å². The van der Waals surface area contributed by atoms with Crippen LogP contribution in [0.3, 0.4) is 0 Å². The van der Waals surface area contributed by atoms with Gasteiger partial charge < -0.3 is 9.80 Å². The average Bonchev–Trinajstić information content (AvgIpc) is 2.64. The van der Waals surface area contributed by atoms with Crippen LogP contribution in [0.15, 0.2) is 24.3 Å². The summed E-state index contributed by atoms with van der Waals surface area (Å²) in [6, 6.07) is 8.90. The molecule has 0 atom stereocenters. The molecule has 2 heteroatoms. The Bertz CT molecular complexity index is 380. The average molecular weight is 244 g/mol. The molecule has 98 valence electrons.